The lowest BCUT2D eigenvalue weighted by Gasteiger charge is -2.10. The van der Waals surface area contributed by atoms with E-state index < -0.39 is 11.8 Å². The molecule has 128 valence electrons. The van der Waals surface area contributed by atoms with Crippen molar-refractivity contribution in [3.8, 4) is 0 Å². The van der Waals surface area contributed by atoms with Gasteiger partial charge in [0.25, 0.3) is 0 Å². The number of anilines is 2. The molecule has 0 saturated heterocycles. The number of imidazole rings is 1. The lowest BCUT2D eigenvalue weighted by Crippen LogP contribution is -2.22. The second-order valence-electron chi connectivity index (χ2n) is 5.49. The first-order chi connectivity index (χ1) is 12.0. The van der Waals surface area contributed by atoms with Crippen LogP contribution in [0.2, 0.25) is 0 Å². The van der Waals surface area contributed by atoms with Crippen molar-refractivity contribution in [2.75, 3.05) is 10.6 Å². The number of pyridine rings is 1. The summed E-state index contributed by atoms with van der Waals surface area (Å²) < 4.78 is 16.7. The Morgan fingerprint density at radius 2 is 2.00 bits per heavy atom. The first kappa shape index (κ1) is 16.4. The molecule has 0 aliphatic rings. The second-order valence-corrected chi connectivity index (χ2v) is 5.49. The molecular weight excluding hydrogens is 325 g/mol. The number of hydrogen-bond donors (Lipinski definition) is 2. The highest BCUT2D eigenvalue weighted by Gasteiger charge is 2.08. The molecule has 0 spiro atoms. The van der Waals surface area contributed by atoms with Gasteiger partial charge in [0.2, 0.25) is 0 Å². The van der Waals surface area contributed by atoms with Gasteiger partial charge in [0.05, 0.1) is 18.4 Å². The smallest absolute Gasteiger partial charge is 0.308 e. The number of carbonyl (C=O) groups excluding carboxylic acids is 1. The number of benzene rings is 1. The third-order valence-electron chi connectivity index (χ3n) is 3.51. The summed E-state index contributed by atoms with van der Waals surface area (Å²) in [5.74, 6) is -0.502. The maximum Gasteiger partial charge on any atom is 0.328 e. The van der Waals surface area contributed by atoms with Gasteiger partial charge >= 0.3 is 11.7 Å². The van der Waals surface area contributed by atoms with Crippen LogP contribution in [0.4, 0.5) is 20.6 Å². The number of nitrogens with one attached hydrogen (secondary N) is 2. The minimum absolute atomic E-state index is 0.201. The van der Waals surface area contributed by atoms with Gasteiger partial charge in [-0.25, -0.2) is 14.0 Å². The molecule has 1 aromatic carbocycles. The van der Waals surface area contributed by atoms with Crippen LogP contribution in [0.15, 0.2) is 59.9 Å². The van der Waals surface area contributed by atoms with E-state index in [-0.39, 0.29) is 12.2 Å². The Morgan fingerprint density at radius 3 is 2.68 bits per heavy atom. The number of aryl methyl sites for hydroxylation is 1. The molecule has 2 amide bonds. The normalized spacial score (nSPS) is 10.5. The van der Waals surface area contributed by atoms with Crippen molar-refractivity contribution < 1.29 is 9.18 Å². The van der Waals surface area contributed by atoms with Crippen LogP contribution >= 0.6 is 0 Å². The van der Waals surface area contributed by atoms with Gasteiger partial charge < -0.3 is 15.2 Å². The molecule has 3 aromatic rings. The average Bonchev–Trinajstić information content (AvgIpc) is 2.87. The van der Waals surface area contributed by atoms with Gasteiger partial charge in [-0.3, -0.25) is 9.55 Å². The van der Waals surface area contributed by atoms with E-state index in [0.29, 0.717) is 16.9 Å². The summed E-state index contributed by atoms with van der Waals surface area (Å²) in [6, 6.07) is 7.01. The number of urea groups is 1. The number of halogens is 1. The fourth-order valence-electron chi connectivity index (χ4n) is 2.37. The number of rotatable bonds is 4. The second kappa shape index (κ2) is 7.00. The Labute approximate surface area is 142 Å². The standard InChI is InChI=1S/C17H16FN5O2/c1-22-5-6-23(17(22)25)11-12-7-13(18)9-15(8-12)21-16(24)20-14-3-2-4-19-10-14/h2-10H,11H2,1H3,(H2,20,21,24). The van der Waals surface area contributed by atoms with Crippen molar-refractivity contribution in [1.82, 2.24) is 14.1 Å². The monoisotopic (exact) mass is 341 g/mol. The molecule has 2 N–H and O–H groups in total. The summed E-state index contributed by atoms with van der Waals surface area (Å²) in [6.07, 6.45) is 6.34. The minimum atomic E-state index is -0.513. The van der Waals surface area contributed by atoms with Crippen molar-refractivity contribution in [3.63, 3.8) is 0 Å². The number of amides is 2. The summed E-state index contributed by atoms with van der Waals surface area (Å²) >= 11 is 0. The summed E-state index contributed by atoms with van der Waals surface area (Å²) in [7, 11) is 1.64. The fraction of sp³-hybridized carbons (Fsp3) is 0.118. The zero-order chi connectivity index (χ0) is 17.8. The zero-order valence-corrected chi connectivity index (χ0v) is 13.4. The number of hydrogen-bond acceptors (Lipinski definition) is 3. The number of nitrogens with zero attached hydrogens (tertiary/aromatic N) is 3. The Hall–Kier alpha value is -3.42. The highest BCUT2D eigenvalue weighted by Crippen LogP contribution is 2.15. The predicted octanol–water partition coefficient (Wildman–Crippen LogP) is 2.41. The van der Waals surface area contributed by atoms with Gasteiger partial charge in [-0.15, -0.1) is 0 Å². The first-order valence-corrected chi connectivity index (χ1v) is 7.50. The molecule has 0 aliphatic carbocycles. The molecule has 2 aromatic heterocycles. The van der Waals surface area contributed by atoms with Crippen LogP contribution in [0.5, 0.6) is 0 Å². The molecular formula is C17H16FN5O2. The Morgan fingerprint density at radius 1 is 1.20 bits per heavy atom. The van der Waals surface area contributed by atoms with Gasteiger partial charge in [-0.1, -0.05) is 0 Å². The zero-order valence-electron chi connectivity index (χ0n) is 13.4. The quantitative estimate of drug-likeness (QED) is 0.765. The lowest BCUT2D eigenvalue weighted by atomic mass is 10.2. The van der Waals surface area contributed by atoms with E-state index in [4.69, 9.17) is 0 Å². The maximum atomic E-state index is 13.8. The third-order valence-corrected chi connectivity index (χ3v) is 3.51. The van der Waals surface area contributed by atoms with Crippen molar-refractivity contribution in [2.24, 2.45) is 7.05 Å². The van der Waals surface area contributed by atoms with Gasteiger partial charge in [-0.05, 0) is 35.9 Å². The average molecular weight is 341 g/mol. The molecule has 7 nitrogen and oxygen atoms in total. The van der Waals surface area contributed by atoms with E-state index in [2.05, 4.69) is 15.6 Å². The lowest BCUT2D eigenvalue weighted by molar-refractivity contribution is 0.262. The van der Waals surface area contributed by atoms with Crippen LogP contribution in [0, 0.1) is 5.82 Å². The SMILES string of the molecule is Cn1ccn(Cc2cc(F)cc(NC(=O)Nc3cccnc3)c2)c1=O. The molecule has 8 heteroatoms. The summed E-state index contributed by atoms with van der Waals surface area (Å²) in [5.41, 5.74) is 1.17. The largest absolute Gasteiger partial charge is 0.328 e. The Kier molecular flexibility index (Phi) is 4.60. The molecule has 25 heavy (non-hydrogen) atoms. The van der Waals surface area contributed by atoms with Crippen molar-refractivity contribution in [1.29, 1.82) is 0 Å². The number of carbonyl (C=O) groups is 1. The minimum Gasteiger partial charge on any atom is -0.308 e. The van der Waals surface area contributed by atoms with E-state index in [1.165, 1.54) is 27.5 Å². The van der Waals surface area contributed by atoms with Crippen molar-refractivity contribution in [2.45, 2.75) is 6.54 Å². The van der Waals surface area contributed by atoms with E-state index in [1.807, 2.05) is 0 Å². The molecule has 0 fully saturated rings. The third kappa shape index (κ3) is 4.11. The highest BCUT2D eigenvalue weighted by atomic mass is 19.1. The molecule has 2 heterocycles. The topological polar surface area (TPSA) is 81.0 Å². The van der Waals surface area contributed by atoms with Crippen LogP contribution in [0.1, 0.15) is 5.56 Å². The molecule has 0 saturated carbocycles. The molecule has 3 rings (SSSR count). The van der Waals surface area contributed by atoms with Crippen LogP contribution < -0.4 is 16.3 Å². The highest BCUT2D eigenvalue weighted by molar-refractivity contribution is 5.99. The van der Waals surface area contributed by atoms with Crippen molar-refractivity contribution >= 4 is 17.4 Å². The van der Waals surface area contributed by atoms with E-state index in [9.17, 15) is 14.0 Å². The van der Waals surface area contributed by atoms with E-state index in [1.54, 1.807) is 43.8 Å². The van der Waals surface area contributed by atoms with E-state index in [0.717, 1.165) is 0 Å². The Balaban J connectivity index is 1.74. The molecule has 0 atom stereocenters. The molecule has 0 bridgehead atoms. The van der Waals surface area contributed by atoms with E-state index >= 15 is 0 Å². The van der Waals surface area contributed by atoms with Gasteiger partial charge in [0.15, 0.2) is 0 Å². The molecule has 0 aliphatic heterocycles. The van der Waals surface area contributed by atoms with Gasteiger partial charge in [0.1, 0.15) is 5.82 Å². The van der Waals surface area contributed by atoms with Crippen LogP contribution in [0.25, 0.3) is 0 Å². The first-order valence-electron chi connectivity index (χ1n) is 7.50. The van der Waals surface area contributed by atoms with Crippen LogP contribution in [0.3, 0.4) is 0 Å². The molecule has 0 radical (unpaired) electrons. The van der Waals surface area contributed by atoms with Gasteiger partial charge in [0, 0.05) is 31.3 Å². The summed E-state index contributed by atoms with van der Waals surface area (Å²) in [4.78, 5) is 27.8. The van der Waals surface area contributed by atoms with Crippen LogP contribution in [-0.4, -0.2) is 20.1 Å². The predicted molar refractivity (Wildman–Crippen MR) is 92.1 cm³/mol. The summed E-state index contributed by atoms with van der Waals surface area (Å²) in [6.45, 7) is 0.205. The van der Waals surface area contributed by atoms with Crippen molar-refractivity contribution in [3.05, 3.63) is 77.0 Å². The molecule has 0 unspecified atom stereocenters. The van der Waals surface area contributed by atoms with Gasteiger partial charge in [-0.2, -0.15) is 0 Å². The fourth-order valence-corrected chi connectivity index (χ4v) is 2.37. The number of aromatic nitrogens is 3. The summed E-state index contributed by atoms with van der Waals surface area (Å²) in [5, 5.41) is 5.16. The van der Waals surface area contributed by atoms with Crippen LogP contribution in [-0.2, 0) is 13.6 Å². The Bertz CT molecular complexity index is 949. The maximum absolute atomic E-state index is 13.8.